The van der Waals surface area contributed by atoms with Gasteiger partial charge in [-0.05, 0) is 35.0 Å². The summed E-state index contributed by atoms with van der Waals surface area (Å²) in [5, 5.41) is 3.21. The van der Waals surface area contributed by atoms with Crippen LogP contribution in [0.1, 0.15) is 6.92 Å². The number of halogens is 1. The Bertz CT molecular complexity index is 464. The normalized spacial score (nSPS) is 10.8. The summed E-state index contributed by atoms with van der Waals surface area (Å²) in [4.78, 5) is 0.983. The van der Waals surface area contributed by atoms with Crippen LogP contribution < -0.4 is 4.74 Å². The molecule has 0 saturated carbocycles. The molecule has 0 fully saturated rings. The van der Waals surface area contributed by atoms with Crippen molar-refractivity contribution in [3.8, 4) is 5.75 Å². The van der Waals surface area contributed by atoms with Gasteiger partial charge in [-0.15, -0.1) is 24.0 Å². The highest BCUT2D eigenvalue weighted by Gasteiger charge is 2.09. The summed E-state index contributed by atoms with van der Waals surface area (Å²) in [7, 11) is 0. The Balaban J connectivity index is 2.70. The van der Waals surface area contributed by atoms with Gasteiger partial charge in [-0.3, -0.25) is 0 Å². The van der Waals surface area contributed by atoms with Crippen LogP contribution in [0, 0.1) is 0 Å². The summed E-state index contributed by atoms with van der Waals surface area (Å²) in [5.74, 6) is 0.941. The molecular weight excluding hydrogens is 280 g/mol. The van der Waals surface area contributed by atoms with E-state index in [0.717, 1.165) is 25.2 Å². The lowest BCUT2D eigenvalue weighted by molar-refractivity contribution is 0.345. The first-order valence-electron chi connectivity index (χ1n) is 4.25. The van der Waals surface area contributed by atoms with E-state index in [-0.39, 0.29) is 0 Å². The van der Waals surface area contributed by atoms with Crippen LogP contribution >= 0.6 is 39.9 Å². The van der Waals surface area contributed by atoms with E-state index in [9.17, 15) is 0 Å². The van der Waals surface area contributed by atoms with Crippen molar-refractivity contribution in [2.24, 2.45) is 0 Å². The third-order valence-corrected chi connectivity index (χ3v) is 4.21. The lowest BCUT2D eigenvalue weighted by Gasteiger charge is -2.05. The Morgan fingerprint density at radius 3 is 3.00 bits per heavy atom. The second kappa shape index (κ2) is 4.13. The molecular formula is C10H9BrOS2. The maximum atomic E-state index is 5.54. The average molecular weight is 289 g/mol. The highest BCUT2D eigenvalue weighted by Crippen LogP contribution is 2.40. The molecule has 1 aromatic heterocycles. The fraction of sp³-hybridized carbons (Fsp3) is 0.200. The van der Waals surface area contributed by atoms with Crippen molar-refractivity contribution in [2.45, 2.75) is 11.8 Å². The van der Waals surface area contributed by atoms with Crippen molar-refractivity contribution in [3.05, 3.63) is 22.0 Å². The largest absolute Gasteiger partial charge is 0.492 e. The molecule has 0 atom stereocenters. The highest BCUT2D eigenvalue weighted by atomic mass is 79.9. The number of thiophene rings is 1. The predicted molar refractivity (Wildman–Crippen MR) is 67.9 cm³/mol. The Morgan fingerprint density at radius 1 is 1.50 bits per heavy atom. The zero-order valence-corrected chi connectivity index (χ0v) is 10.9. The number of hydrogen-bond acceptors (Lipinski definition) is 3. The van der Waals surface area contributed by atoms with Crippen LogP contribution in [0.3, 0.4) is 0 Å². The van der Waals surface area contributed by atoms with Crippen LogP contribution in [0.25, 0.3) is 10.1 Å². The molecule has 0 aliphatic carbocycles. The van der Waals surface area contributed by atoms with E-state index in [1.807, 2.05) is 19.1 Å². The van der Waals surface area contributed by atoms with Crippen molar-refractivity contribution < 1.29 is 4.74 Å². The molecule has 0 aliphatic rings. The molecule has 0 radical (unpaired) electrons. The van der Waals surface area contributed by atoms with E-state index in [2.05, 4.69) is 33.9 Å². The summed E-state index contributed by atoms with van der Waals surface area (Å²) < 4.78 is 7.79. The molecule has 2 aromatic rings. The lowest BCUT2D eigenvalue weighted by Crippen LogP contribution is -1.90. The summed E-state index contributed by atoms with van der Waals surface area (Å²) in [5.41, 5.74) is 0. The van der Waals surface area contributed by atoms with Crippen LogP contribution in [-0.4, -0.2) is 6.61 Å². The topological polar surface area (TPSA) is 9.23 Å². The van der Waals surface area contributed by atoms with Crippen LogP contribution in [-0.2, 0) is 0 Å². The van der Waals surface area contributed by atoms with Gasteiger partial charge in [0.05, 0.1) is 11.3 Å². The number of thiol groups is 1. The van der Waals surface area contributed by atoms with Crippen LogP contribution in [0.5, 0.6) is 5.75 Å². The molecule has 0 saturated heterocycles. The SMILES string of the molecule is CCOc1ccc(S)c2c(Br)csc12. The van der Waals surface area contributed by atoms with Gasteiger partial charge in [0, 0.05) is 20.1 Å². The van der Waals surface area contributed by atoms with E-state index in [1.54, 1.807) is 11.3 Å². The van der Waals surface area contributed by atoms with E-state index in [1.165, 1.54) is 0 Å². The van der Waals surface area contributed by atoms with Gasteiger partial charge in [0.1, 0.15) is 5.75 Å². The molecule has 0 amide bonds. The zero-order valence-electron chi connectivity index (χ0n) is 7.58. The predicted octanol–water partition coefficient (Wildman–Crippen LogP) is 4.35. The Morgan fingerprint density at radius 2 is 2.29 bits per heavy atom. The van der Waals surface area contributed by atoms with E-state index in [0.29, 0.717) is 6.61 Å². The van der Waals surface area contributed by atoms with Crippen LogP contribution in [0.15, 0.2) is 26.9 Å². The highest BCUT2D eigenvalue weighted by molar-refractivity contribution is 9.10. The average Bonchev–Trinajstić information content (AvgIpc) is 2.54. The van der Waals surface area contributed by atoms with E-state index < -0.39 is 0 Å². The number of hydrogen-bond donors (Lipinski definition) is 1. The van der Waals surface area contributed by atoms with Gasteiger partial charge in [-0.25, -0.2) is 0 Å². The summed E-state index contributed by atoms with van der Waals surface area (Å²) >= 11 is 9.61. The summed E-state index contributed by atoms with van der Waals surface area (Å²) in [6, 6.07) is 3.94. The maximum absolute atomic E-state index is 5.54. The monoisotopic (exact) mass is 288 g/mol. The van der Waals surface area contributed by atoms with Crippen molar-refractivity contribution >= 4 is 50.0 Å². The van der Waals surface area contributed by atoms with Gasteiger partial charge in [0.25, 0.3) is 0 Å². The Kier molecular flexibility index (Phi) is 3.04. The second-order valence-corrected chi connectivity index (χ2v) is 5.02. The molecule has 1 nitrogen and oxygen atoms in total. The molecule has 0 unspecified atom stereocenters. The standard InChI is InChI=1S/C10H9BrOS2/c1-2-12-7-3-4-8(13)9-6(11)5-14-10(7)9/h3-5,13H,2H2,1H3. The smallest absolute Gasteiger partial charge is 0.137 e. The molecule has 74 valence electrons. The Labute approximate surface area is 101 Å². The van der Waals surface area contributed by atoms with Gasteiger partial charge in [-0.1, -0.05) is 0 Å². The summed E-state index contributed by atoms with van der Waals surface area (Å²) in [6.45, 7) is 2.68. The molecule has 1 heterocycles. The minimum absolute atomic E-state index is 0.691. The molecule has 14 heavy (non-hydrogen) atoms. The van der Waals surface area contributed by atoms with E-state index >= 15 is 0 Å². The van der Waals surface area contributed by atoms with Gasteiger partial charge < -0.3 is 4.74 Å². The van der Waals surface area contributed by atoms with Crippen molar-refractivity contribution in [3.63, 3.8) is 0 Å². The molecule has 0 bridgehead atoms. The molecule has 2 rings (SSSR count). The number of ether oxygens (including phenoxy) is 1. The molecule has 4 heteroatoms. The minimum Gasteiger partial charge on any atom is -0.492 e. The van der Waals surface area contributed by atoms with Crippen LogP contribution in [0.2, 0.25) is 0 Å². The Hall–Kier alpha value is -0.190. The van der Waals surface area contributed by atoms with Gasteiger partial charge >= 0.3 is 0 Å². The fourth-order valence-corrected chi connectivity index (χ4v) is 3.62. The van der Waals surface area contributed by atoms with Gasteiger partial charge in [0.2, 0.25) is 0 Å². The third-order valence-electron chi connectivity index (χ3n) is 1.92. The van der Waals surface area contributed by atoms with E-state index in [4.69, 9.17) is 4.74 Å². The molecule has 1 aromatic carbocycles. The number of benzene rings is 1. The first-order valence-corrected chi connectivity index (χ1v) is 6.37. The van der Waals surface area contributed by atoms with Crippen LogP contribution in [0.4, 0.5) is 0 Å². The quantitative estimate of drug-likeness (QED) is 0.809. The first kappa shape index (κ1) is 10.3. The van der Waals surface area contributed by atoms with Crippen molar-refractivity contribution in [1.82, 2.24) is 0 Å². The number of rotatable bonds is 2. The lowest BCUT2D eigenvalue weighted by atomic mass is 10.2. The zero-order chi connectivity index (χ0) is 10.1. The van der Waals surface area contributed by atoms with Gasteiger partial charge in [-0.2, -0.15) is 0 Å². The van der Waals surface area contributed by atoms with Crippen molar-refractivity contribution in [1.29, 1.82) is 0 Å². The number of fused-ring (bicyclic) bond motifs is 1. The van der Waals surface area contributed by atoms with Crippen molar-refractivity contribution in [2.75, 3.05) is 6.61 Å². The van der Waals surface area contributed by atoms with Gasteiger partial charge in [0.15, 0.2) is 0 Å². The maximum Gasteiger partial charge on any atom is 0.137 e. The first-order chi connectivity index (χ1) is 6.74. The summed E-state index contributed by atoms with van der Waals surface area (Å²) in [6.07, 6.45) is 0. The minimum atomic E-state index is 0.691. The molecule has 0 aliphatic heterocycles. The third kappa shape index (κ3) is 1.66. The second-order valence-electron chi connectivity index (χ2n) is 2.80. The molecule has 0 spiro atoms. The molecule has 0 N–H and O–H groups in total. The fourth-order valence-electron chi connectivity index (χ4n) is 1.34.